The van der Waals surface area contributed by atoms with Crippen LogP contribution in [-0.4, -0.2) is 84.2 Å². The molecule has 9 nitrogen and oxygen atoms in total. The molecule has 1 N–H and O–H groups in total. The first-order valence-corrected chi connectivity index (χ1v) is 13.6. The van der Waals surface area contributed by atoms with E-state index in [1.165, 1.54) is 24.6 Å². The quantitative estimate of drug-likeness (QED) is 0.625. The molecule has 0 aromatic carbocycles. The Kier molecular flexibility index (Phi) is 5.77. The maximum Gasteiger partial charge on any atom is 0.246 e. The first kappa shape index (κ1) is 23.0. The van der Waals surface area contributed by atoms with Crippen molar-refractivity contribution in [2.24, 2.45) is 0 Å². The highest BCUT2D eigenvalue weighted by atomic mass is 16.5. The number of nitrogens with one attached hydrogen (secondary N) is 1. The van der Waals surface area contributed by atoms with Crippen molar-refractivity contribution >= 4 is 23.1 Å². The Bertz CT molecular complexity index is 1220. The van der Waals surface area contributed by atoms with Crippen molar-refractivity contribution in [3.63, 3.8) is 0 Å². The van der Waals surface area contributed by atoms with Gasteiger partial charge in [-0.2, -0.15) is 0 Å². The summed E-state index contributed by atoms with van der Waals surface area (Å²) in [6.45, 7) is 10.9. The minimum atomic E-state index is 0.0396. The summed E-state index contributed by atoms with van der Waals surface area (Å²) in [4.78, 5) is 28.7. The van der Waals surface area contributed by atoms with Gasteiger partial charge in [0, 0.05) is 74.7 Å². The number of morpholine rings is 1. The van der Waals surface area contributed by atoms with Crippen molar-refractivity contribution in [2.45, 2.75) is 43.7 Å². The minimum absolute atomic E-state index is 0.0396. The highest BCUT2D eigenvalue weighted by Crippen LogP contribution is 2.49. The summed E-state index contributed by atoms with van der Waals surface area (Å²) in [6.07, 6.45) is 6.68. The molecule has 1 saturated carbocycles. The predicted molar refractivity (Wildman–Crippen MR) is 141 cm³/mol. The average Bonchev–Trinajstić information content (AvgIpc) is 3.67. The van der Waals surface area contributed by atoms with Crippen LogP contribution in [0.15, 0.2) is 31.0 Å². The van der Waals surface area contributed by atoms with E-state index < -0.39 is 0 Å². The van der Waals surface area contributed by atoms with Gasteiger partial charge in [0.2, 0.25) is 5.91 Å². The zero-order valence-corrected chi connectivity index (χ0v) is 21.2. The Morgan fingerprint density at radius 3 is 2.73 bits per heavy atom. The molecule has 0 unspecified atom stereocenters. The first-order chi connectivity index (χ1) is 18.2. The molecule has 5 aliphatic rings. The van der Waals surface area contributed by atoms with E-state index in [0.717, 1.165) is 93.1 Å². The molecule has 0 radical (unpaired) electrons. The lowest BCUT2D eigenvalue weighted by Crippen LogP contribution is -2.52. The summed E-state index contributed by atoms with van der Waals surface area (Å²) in [5, 5.41) is 3.64. The first-order valence-electron chi connectivity index (χ1n) is 13.6. The maximum atomic E-state index is 12.0. The van der Waals surface area contributed by atoms with Gasteiger partial charge < -0.3 is 24.6 Å². The number of likely N-dealkylation sites (tertiary alicyclic amines) is 2. The highest BCUT2D eigenvalue weighted by Gasteiger charge is 2.40. The topological polar surface area (TPSA) is 83.1 Å². The van der Waals surface area contributed by atoms with Gasteiger partial charge in [0.1, 0.15) is 12.4 Å². The van der Waals surface area contributed by atoms with Crippen LogP contribution < -0.4 is 15.0 Å². The normalized spacial score (nSPS) is 23.8. The van der Waals surface area contributed by atoms with Crippen molar-refractivity contribution in [3.05, 3.63) is 47.9 Å². The van der Waals surface area contributed by atoms with Gasteiger partial charge in [0.15, 0.2) is 5.75 Å². The molecule has 37 heavy (non-hydrogen) atoms. The van der Waals surface area contributed by atoms with Crippen LogP contribution >= 0.6 is 0 Å². The molecule has 4 fully saturated rings. The second kappa shape index (κ2) is 9.29. The SMILES string of the molecule is C=CC(=O)N1CC[C@@H](N2CC(c3cc4c(c(C5CC5)n3)OCc3c(N5CCOCC5)ccnc3N4)C2)C1. The Balaban J connectivity index is 1.12. The number of rotatable bonds is 5. The fraction of sp³-hybridized carbons (Fsp3) is 0.536. The molecule has 2 aromatic heterocycles. The van der Waals surface area contributed by atoms with Gasteiger partial charge in [-0.1, -0.05) is 6.58 Å². The van der Waals surface area contributed by atoms with Gasteiger partial charge in [-0.05, 0) is 37.5 Å². The highest BCUT2D eigenvalue weighted by molar-refractivity contribution is 5.87. The third-order valence-corrected chi connectivity index (χ3v) is 8.47. The number of hydrogen-bond acceptors (Lipinski definition) is 8. The number of amides is 1. The summed E-state index contributed by atoms with van der Waals surface area (Å²) >= 11 is 0. The molecule has 4 aliphatic heterocycles. The Hall–Kier alpha value is -3.17. The predicted octanol–water partition coefficient (Wildman–Crippen LogP) is 3.01. The van der Waals surface area contributed by atoms with E-state index in [0.29, 0.717) is 24.5 Å². The number of fused-ring (bicyclic) bond motifs is 2. The van der Waals surface area contributed by atoms with E-state index in [9.17, 15) is 4.79 Å². The van der Waals surface area contributed by atoms with Gasteiger partial charge in [-0.15, -0.1) is 0 Å². The number of aromatic nitrogens is 2. The van der Waals surface area contributed by atoms with Crippen molar-refractivity contribution < 1.29 is 14.3 Å². The minimum Gasteiger partial charge on any atom is -0.485 e. The Morgan fingerprint density at radius 1 is 1.11 bits per heavy atom. The van der Waals surface area contributed by atoms with Crippen LogP contribution in [0.25, 0.3) is 0 Å². The average molecular weight is 503 g/mol. The van der Waals surface area contributed by atoms with Gasteiger partial charge in [0.05, 0.1) is 30.2 Å². The molecule has 6 heterocycles. The summed E-state index contributed by atoms with van der Waals surface area (Å²) in [5.74, 6) is 2.67. The van der Waals surface area contributed by atoms with Gasteiger partial charge >= 0.3 is 0 Å². The van der Waals surface area contributed by atoms with Crippen molar-refractivity contribution in [3.8, 4) is 5.75 Å². The molecule has 0 bridgehead atoms. The van der Waals surface area contributed by atoms with Crippen molar-refractivity contribution in [2.75, 3.05) is 62.7 Å². The molecule has 7 rings (SSSR count). The van der Waals surface area contributed by atoms with Gasteiger partial charge in [-0.3, -0.25) is 14.7 Å². The standard InChI is InChI=1S/C28H34N6O3/c1-2-25(35)33-8-6-20(16-33)34-14-19(15-34)22-13-23-27(26(30-22)18-3-4-18)37-17-21-24(5-7-29-28(21)31-23)32-9-11-36-12-10-32/h2,5,7,13,18-20H,1,3-4,6,8-12,14-17H2,(H,29,31)/t20-/m1/s1. The fourth-order valence-corrected chi connectivity index (χ4v) is 6.13. The second-order valence-corrected chi connectivity index (χ2v) is 10.8. The summed E-state index contributed by atoms with van der Waals surface area (Å²) in [7, 11) is 0. The van der Waals surface area contributed by atoms with E-state index in [1.807, 2.05) is 11.1 Å². The van der Waals surface area contributed by atoms with Crippen LogP contribution in [0, 0.1) is 0 Å². The van der Waals surface area contributed by atoms with Crippen LogP contribution in [0.2, 0.25) is 0 Å². The molecule has 9 heteroatoms. The summed E-state index contributed by atoms with van der Waals surface area (Å²) in [5.41, 5.74) is 5.49. The van der Waals surface area contributed by atoms with E-state index in [1.54, 1.807) is 0 Å². The van der Waals surface area contributed by atoms with Crippen molar-refractivity contribution in [1.29, 1.82) is 0 Å². The molecule has 1 amide bonds. The number of anilines is 3. The lowest BCUT2D eigenvalue weighted by molar-refractivity contribution is -0.125. The van der Waals surface area contributed by atoms with Crippen LogP contribution in [-0.2, 0) is 16.1 Å². The molecule has 3 saturated heterocycles. The largest absolute Gasteiger partial charge is 0.485 e. The van der Waals surface area contributed by atoms with E-state index in [-0.39, 0.29) is 5.91 Å². The van der Waals surface area contributed by atoms with Crippen LogP contribution in [0.4, 0.5) is 17.2 Å². The number of hydrogen-bond donors (Lipinski definition) is 1. The van der Waals surface area contributed by atoms with Crippen LogP contribution in [0.1, 0.15) is 48.0 Å². The van der Waals surface area contributed by atoms with Gasteiger partial charge in [-0.25, -0.2) is 4.98 Å². The van der Waals surface area contributed by atoms with Gasteiger partial charge in [0.25, 0.3) is 0 Å². The zero-order chi connectivity index (χ0) is 24.9. The number of nitrogens with zero attached hydrogens (tertiary/aromatic N) is 5. The van der Waals surface area contributed by atoms with E-state index in [4.69, 9.17) is 19.4 Å². The molecule has 194 valence electrons. The van der Waals surface area contributed by atoms with Crippen molar-refractivity contribution in [1.82, 2.24) is 19.8 Å². The lowest BCUT2D eigenvalue weighted by Gasteiger charge is -2.43. The maximum absolute atomic E-state index is 12.0. The van der Waals surface area contributed by atoms with Crippen LogP contribution in [0.3, 0.4) is 0 Å². The molecule has 0 spiro atoms. The zero-order valence-electron chi connectivity index (χ0n) is 21.2. The number of carbonyl (C=O) groups is 1. The third kappa shape index (κ3) is 4.24. The van der Waals surface area contributed by atoms with E-state index >= 15 is 0 Å². The third-order valence-electron chi connectivity index (χ3n) is 8.47. The molecule has 2 aromatic rings. The Morgan fingerprint density at radius 2 is 1.95 bits per heavy atom. The molecular weight excluding hydrogens is 468 g/mol. The lowest BCUT2D eigenvalue weighted by atomic mass is 9.92. The smallest absolute Gasteiger partial charge is 0.246 e. The fourth-order valence-electron chi connectivity index (χ4n) is 6.13. The van der Waals surface area contributed by atoms with E-state index in [2.05, 4.69) is 33.8 Å². The number of pyridine rings is 2. The monoisotopic (exact) mass is 502 g/mol. The number of ether oxygens (including phenoxy) is 2. The Labute approximate surface area is 217 Å². The summed E-state index contributed by atoms with van der Waals surface area (Å²) in [6, 6.07) is 4.70. The molecular formula is C28H34N6O3. The number of carbonyl (C=O) groups excluding carboxylic acids is 1. The molecule has 1 atom stereocenters. The summed E-state index contributed by atoms with van der Waals surface area (Å²) < 4.78 is 12.1. The second-order valence-electron chi connectivity index (χ2n) is 10.8. The molecule has 1 aliphatic carbocycles. The van der Waals surface area contributed by atoms with Crippen LogP contribution in [0.5, 0.6) is 5.75 Å².